The fraction of sp³-hybridized carbons (Fsp3) is 0.846. The van der Waals surface area contributed by atoms with E-state index in [-0.39, 0.29) is 30.2 Å². The van der Waals surface area contributed by atoms with E-state index in [1.165, 1.54) is 0 Å². The van der Waals surface area contributed by atoms with Gasteiger partial charge in [-0.3, -0.25) is 9.59 Å². The van der Waals surface area contributed by atoms with Gasteiger partial charge >= 0.3 is 11.9 Å². The van der Waals surface area contributed by atoms with Crippen LogP contribution in [0.5, 0.6) is 0 Å². The number of fused-ring (bicyclic) bond motifs is 2. The maximum absolute atomic E-state index is 11.9. The smallest absolute Gasteiger partial charge is 0.312 e. The highest BCUT2D eigenvalue weighted by Gasteiger charge is 2.58. The Morgan fingerprint density at radius 1 is 1.44 bits per heavy atom. The van der Waals surface area contributed by atoms with Gasteiger partial charge in [0.1, 0.15) is 0 Å². The van der Waals surface area contributed by atoms with Gasteiger partial charge < -0.3 is 9.47 Å². The molecule has 3 bridgehead atoms. The summed E-state index contributed by atoms with van der Waals surface area (Å²) in [5, 5.41) is 0. The van der Waals surface area contributed by atoms with Crippen molar-refractivity contribution in [2.75, 3.05) is 5.75 Å². The molecule has 5 heteroatoms. The summed E-state index contributed by atoms with van der Waals surface area (Å²) in [7, 11) is 0. The van der Waals surface area contributed by atoms with Crippen molar-refractivity contribution in [3.8, 4) is 0 Å². The third-order valence-corrected chi connectivity index (χ3v) is 4.76. The van der Waals surface area contributed by atoms with E-state index >= 15 is 0 Å². The molecule has 3 aliphatic rings. The van der Waals surface area contributed by atoms with Gasteiger partial charge in [-0.2, -0.15) is 12.6 Å². The summed E-state index contributed by atoms with van der Waals surface area (Å²) in [4.78, 5) is 23.6. The topological polar surface area (TPSA) is 52.6 Å². The predicted molar refractivity (Wildman–Crippen MR) is 66.9 cm³/mol. The third kappa shape index (κ3) is 1.92. The van der Waals surface area contributed by atoms with E-state index in [1.54, 1.807) is 0 Å². The van der Waals surface area contributed by atoms with Crippen LogP contribution < -0.4 is 0 Å². The minimum atomic E-state index is -0.954. The Balaban J connectivity index is 1.81. The molecule has 0 aromatic heterocycles. The lowest BCUT2D eigenvalue weighted by molar-refractivity contribution is -0.288. The zero-order valence-electron chi connectivity index (χ0n) is 10.3. The van der Waals surface area contributed by atoms with Crippen molar-refractivity contribution in [1.29, 1.82) is 0 Å². The molecular formula is C13H18O4S. The predicted octanol–water partition coefficient (Wildman–Crippen LogP) is 1.93. The van der Waals surface area contributed by atoms with Crippen LogP contribution in [-0.4, -0.2) is 23.5 Å². The minimum absolute atomic E-state index is 0.0331. The molecule has 1 heterocycles. The number of hydrogen-bond donors (Lipinski definition) is 1. The maximum atomic E-state index is 11.9. The average molecular weight is 270 g/mol. The third-order valence-electron chi connectivity index (χ3n) is 4.54. The Kier molecular flexibility index (Phi) is 3.04. The van der Waals surface area contributed by atoms with Crippen LogP contribution in [0.2, 0.25) is 0 Å². The standard InChI is InChI=1S/C13H18O4S/c14-11(2-4-18)16-13-3-1-8-5-9(12(15)17-13)7-10(13)6-8/h8-10,18H,1-7H2. The molecule has 3 fully saturated rings. The number of rotatable bonds is 3. The highest BCUT2D eigenvalue weighted by Crippen LogP contribution is 2.53. The van der Waals surface area contributed by atoms with E-state index in [2.05, 4.69) is 12.6 Å². The first-order chi connectivity index (χ1) is 8.63. The molecule has 1 saturated heterocycles. The number of hydrogen-bond acceptors (Lipinski definition) is 5. The van der Waals surface area contributed by atoms with E-state index in [0.717, 1.165) is 25.7 Å². The minimum Gasteiger partial charge on any atom is -0.422 e. The summed E-state index contributed by atoms with van der Waals surface area (Å²) in [6.45, 7) is 0. The molecule has 1 aliphatic heterocycles. The lowest BCUT2D eigenvalue weighted by atomic mass is 9.63. The van der Waals surface area contributed by atoms with E-state index in [4.69, 9.17) is 9.47 Å². The molecular weight excluding hydrogens is 252 g/mol. The summed E-state index contributed by atoms with van der Waals surface area (Å²) in [5.74, 6) is -0.126. The van der Waals surface area contributed by atoms with Crippen LogP contribution in [0, 0.1) is 17.8 Å². The Hall–Kier alpha value is -0.710. The first kappa shape index (κ1) is 12.3. The van der Waals surface area contributed by atoms with Crippen molar-refractivity contribution in [1.82, 2.24) is 0 Å². The molecule has 0 aromatic rings. The fourth-order valence-corrected chi connectivity index (χ4v) is 3.89. The summed E-state index contributed by atoms with van der Waals surface area (Å²) in [6, 6.07) is 0. The van der Waals surface area contributed by atoms with Crippen molar-refractivity contribution in [2.45, 2.75) is 44.3 Å². The molecule has 0 spiro atoms. The molecule has 0 aromatic carbocycles. The highest BCUT2D eigenvalue weighted by atomic mass is 32.1. The van der Waals surface area contributed by atoms with Gasteiger partial charge in [0.25, 0.3) is 5.79 Å². The summed E-state index contributed by atoms with van der Waals surface area (Å²) in [5.41, 5.74) is 0. The number of thiol groups is 1. The molecule has 2 aliphatic carbocycles. The number of esters is 2. The van der Waals surface area contributed by atoms with Crippen molar-refractivity contribution in [2.24, 2.45) is 17.8 Å². The van der Waals surface area contributed by atoms with Gasteiger partial charge in [0.05, 0.1) is 12.3 Å². The molecule has 0 amide bonds. The average Bonchev–Trinajstić information content (AvgIpc) is 2.33. The van der Waals surface area contributed by atoms with E-state index in [9.17, 15) is 9.59 Å². The van der Waals surface area contributed by atoms with Crippen LogP contribution in [-0.2, 0) is 19.1 Å². The van der Waals surface area contributed by atoms with Crippen molar-refractivity contribution >= 4 is 24.6 Å². The van der Waals surface area contributed by atoms with Gasteiger partial charge in [-0.15, -0.1) is 0 Å². The van der Waals surface area contributed by atoms with Gasteiger partial charge in [-0.05, 0) is 31.6 Å². The van der Waals surface area contributed by atoms with E-state index in [1.807, 2.05) is 0 Å². The SMILES string of the molecule is O=C(CCS)OC12CCC3CC(CC1C3)C(=O)O2. The first-order valence-corrected chi connectivity index (χ1v) is 7.32. The van der Waals surface area contributed by atoms with Gasteiger partial charge in [0.15, 0.2) is 0 Å². The lowest BCUT2D eigenvalue weighted by Crippen LogP contribution is -2.58. The maximum Gasteiger partial charge on any atom is 0.312 e. The molecule has 4 unspecified atom stereocenters. The van der Waals surface area contributed by atoms with Gasteiger partial charge in [0.2, 0.25) is 0 Å². The second-order valence-corrected chi connectivity index (χ2v) is 6.13. The molecule has 3 rings (SSSR count). The Morgan fingerprint density at radius 3 is 3.06 bits per heavy atom. The first-order valence-electron chi connectivity index (χ1n) is 6.68. The summed E-state index contributed by atoms with van der Waals surface area (Å²) in [6.07, 6.45) is 4.73. The Morgan fingerprint density at radius 2 is 2.28 bits per heavy atom. The van der Waals surface area contributed by atoms with Crippen LogP contribution in [0.15, 0.2) is 0 Å². The molecule has 2 saturated carbocycles. The van der Waals surface area contributed by atoms with Crippen LogP contribution in [0.3, 0.4) is 0 Å². The Bertz CT molecular complexity index is 383. The molecule has 4 atom stereocenters. The number of carbonyl (C=O) groups is 2. The monoisotopic (exact) mass is 270 g/mol. The van der Waals surface area contributed by atoms with Crippen LogP contribution >= 0.6 is 12.6 Å². The second-order valence-electron chi connectivity index (χ2n) is 5.69. The molecule has 4 nitrogen and oxygen atoms in total. The van der Waals surface area contributed by atoms with E-state index < -0.39 is 5.79 Å². The zero-order valence-corrected chi connectivity index (χ0v) is 11.2. The number of ether oxygens (including phenoxy) is 2. The Labute approximate surface area is 112 Å². The quantitative estimate of drug-likeness (QED) is 0.629. The van der Waals surface area contributed by atoms with Crippen LogP contribution in [0.4, 0.5) is 0 Å². The second kappa shape index (κ2) is 4.44. The van der Waals surface area contributed by atoms with Gasteiger partial charge in [-0.25, -0.2) is 0 Å². The van der Waals surface area contributed by atoms with Crippen LogP contribution in [0.25, 0.3) is 0 Å². The lowest BCUT2D eigenvalue weighted by Gasteiger charge is -2.52. The van der Waals surface area contributed by atoms with Crippen LogP contribution in [0.1, 0.15) is 38.5 Å². The zero-order chi connectivity index (χ0) is 12.8. The fourth-order valence-electron chi connectivity index (χ4n) is 3.71. The summed E-state index contributed by atoms with van der Waals surface area (Å²) < 4.78 is 11.1. The number of carbonyl (C=O) groups excluding carboxylic acids is 2. The largest absolute Gasteiger partial charge is 0.422 e. The van der Waals surface area contributed by atoms with Crippen molar-refractivity contribution < 1.29 is 19.1 Å². The van der Waals surface area contributed by atoms with Crippen molar-refractivity contribution in [3.05, 3.63) is 0 Å². The molecule has 0 N–H and O–H groups in total. The van der Waals surface area contributed by atoms with Gasteiger partial charge in [-0.1, -0.05) is 0 Å². The molecule has 100 valence electrons. The van der Waals surface area contributed by atoms with Gasteiger partial charge in [0, 0.05) is 18.1 Å². The molecule has 0 radical (unpaired) electrons. The van der Waals surface area contributed by atoms with E-state index in [0.29, 0.717) is 18.1 Å². The van der Waals surface area contributed by atoms with Crippen molar-refractivity contribution in [3.63, 3.8) is 0 Å². The summed E-state index contributed by atoms with van der Waals surface area (Å²) >= 11 is 4.02. The normalized spacial score (nSPS) is 41.4. The highest BCUT2D eigenvalue weighted by molar-refractivity contribution is 7.80. The molecule has 18 heavy (non-hydrogen) atoms.